The number of rotatable bonds is 0. The first-order valence-electron chi connectivity index (χ1n) is 7.99. The minimum atomic E-state index is -0.982. The van der Waals surface area contributed by atoms with Crippen LogP contribution in [0.15, 0.2) is 12.1 Å². The van der Waals surface area contributed by atoms with Crippen LogP contribution in [0.25, 0.3) is 0 Å². The second-order valence-electron chi connectivity index (χ2n) is 7.84. The molecule has 2 bridgehead atoms. The van der Waals surface area contributed by atoms with Crippen LogP contribution in [0.3, 0.4) is 0 Å². The highest BCUT2D eigenvalue weighted by atomic mass is 16.6. The zero-order valence-corrected chi connectivity index (χ0v) is 13.1. The van der Waals surface area contributed by atoms with Gasteiger partial charge in [0.25, 0.3) is 0 Å². The van der Waals surface area contributed by atoms with Gasteiger partial charge in [0.1, 0.15) is 5.75 Å². The summed E-state index contributed by atoms with van der Waals surface area (Å²) in [6.45, 7) is 6.82. The van der Waals surface area contributed by atoms with E-state index in [1.807, 2.05) is 13.0 Å². The van der Waals surface area contributed by atoms with Gasteiger partial charge in [-0.3, -0.25) is 0 Å². The number of fused-ring (bicyclic) bond motifs is 3. The van der Waals surface area contributed by atoms with Gasteiger partial charge in [-0.25, -0.2) is 0 Å². The van der Waals surface area contributed by atoms with Crippen LogP contribution in [0, 0.1) is 18.3 Å². The van der Waals surface area contributed by atoms with Crippen molar-refractivity contribution in [1.82, 2.24) is 0 Å². The van der Waals surface area contributed by atoms with Gasteiger partial charge in [-0.1, -0.05) is 19.9 Å². The van der Waals surface area contributed by atoms with Crippen molar-refractivity contribution in [2.45, 2.75) is 57.7 Å². The molecule has 0 amide bonds. The molecule has 1 saturated carbocycles. The van der Waals surface area contributed by atoms with E-state index in [4.69, 9.17) is 4.74 Å². The number of hydrogen-bond donors (Lipinski definition) is 2. The van der Waals surface area contributed by atoms with Crippen molar-refractivity contribution >= 4 is 0 Å². The van der Waals surface area contributed by atoms with Crippen molar-refractivity contribution in [3.63, 3.8) is 0 Å². The molecule has 2 saturated heterocycles. The van der Waals surface area contributed by atoms with E-state index in [9.17, 15) is 10.2 Å². The predicted octanol–water partition coefficient (Wildman–Crippen LogP) is 3.04. The largest absolute Gasteiger partial charge is 0.508 e. The normalized spacial score (nSPS) is 39.7. The third-order valence-electron chi connectivity index (χ3n) is 6.68. The Kier molecular flexibility index (Phi) is 2.47. The highest BCUT2D eigenvalue weighted by Crippen LogP contribution is 2.64. The molecule has 3 fully saturated rings. The van der Waals surface area contributed by atoms with Gasteiger partial charge in [0.05, 0.1) is 6.61 Å². The molecular weight excluding hydrogens is 264 g/mol. The number of phenols is 1. The van der Waals surface area contributed by atoms with Gasteiger partial charge in [0, 0.05) is 17.3 Å². The van der Waals surface area contributed by atoms with Gasteiger partial charge in [-0.15, -0.1) is 0 Å². The Morgan fingerprint density at radius 2 is 2.00 bits per heavy atom. The molecular formula is C18H24O3. The average Bonchev–Trinajstić information content (AvgIpc) is 2.43. The molecule has 21 heavy (non-hydrogen) atoms. The van der Waals surface area contributed by atoms with Crippen molar-refractivity contribution < 1.29 is 14.9 Å². The van der Waals surface area contributed by atoms with Crippen molar-refractivity contribution in [2.24, 2.45) is 11.3 Å². The Labute approximate surface area is 125 Å². The second-order valence-corrected chi connectivity index (χ2v) is 7.84. The molecule has 0 radical (unpaired) electrons. The summed E-state index contributed by atoms with van der Waals surface area (Å²) in [6.07, 6.45) is 3.76. The molecule has 3 nitrogen and oxygen atoms in total. The van der Waals surface area contributed by atoms with E-state index in [1.165, 1.54) is 11.1 Å². The van der Waals surface area contributed by atoms with Gasteiger partial charge in [-0.05, 0) is 54.9 Å². The maximum Gasteiger partial charge on any atom is 0.170 e. The van der Waals surface area contributed by atoms with E-state index in [2.05, 4.69) is 19.9 Å². The zero-order chi connectivity index (χ0) is 15.0. The molecule has 3 atom stereocenters. The Morgan fingerprint density at radius 1 is 1.24 bits per heavy atom. The van der Waals surface area contributed by atoms with E-state index < -0.39 is 5.79 Å². The van der Waals surface area contributed by atoms with Gasteiger partial charge in [0.15, 0.2) is 5.79 Å². The molecule has 5 rings (SSSR count). The second kappa shape index (κ2) is 3.82. The molecule has 114 valence electrons. The fraction of sp³-hybridized carbons (Fsp3) is 0.667. The monoisotopic (exact) mass is 288 g/mol. The summed E-state index contributed by atoms with van der Waals surface area (Å²) in [5.41, 5.74) is 3.28. The van der Waals surface area contributed by atoms with Crippen molar-refractivity contribution in [3.8, 4) is 5.75 Å². The Hall–Kier alpha value is -1.06. The summed E-state index contributed by atoms with van der Waals surface area (Å²) in [5, 5.41) is 21.0. The van der Waals surface area contributed by atoms with Crippen molar-refractivity contribution in [3.05, 3.63) is 28.8 Å². The van der Waals surface area contributed by atoms with Crippen molar-refractivity contribution in [2.75, 3.05) is 6.61 Å². The van der Waals surface area contributed by atoms with Gasteiger partial charge in [-0.2, -0.15) is 0 Å². The van der Waals surface area contributed by atoms with Crippen LogP contribution in [-0.2, 0) is 16.6 Å². The molecule has 1 aromatic rings. The lowest BCUT2D eigenvalue weighted by Crippen LogP contribution is -2.69. The number of ether oxygens (including phenoxy) is 1. The minimum absolute atomic E-state index is 0.0350. The fourth-order valence-electron chi connectivity index (χ4n) is 5.29. The van der Waals surface area contributed by atoms with E-state index >= 15 is 0 Å². The first-order valence-corrected chi connectivity index (χ1v) is 7.99. The van der Waals surface area contributed by atoms with E-state index in [0.717, 1.165) is 24.8 Å². The summed E-state index contributed by atoms with van der Waals surface area (Å²) in [7, 11) is 0. The van der Waals surface area contributed by atoms with Crippen LogP contribution >= 0.6 is 0 Å². The molecule has 3 unspecified atom stereocenters. The zero-order valence-electron chi connectivity index (χ0n) is 13.1. The molecule has 4 aliphatic rings. The van der Waals surface area contributed by atoms with Crippen LogP contribution < -0.4 is 0 Å². The van der Waals surface area contributed by atoms with Crippen LogP contribution in [0.2, 0.25) is 0 Å². The third kappa shape index (κ3) is 1.46. The summed E-state index contributed by atoms with van der Waals surface area (Å²) in [5.74, 6) is -0.191. The molecule has 1 spiro atoms. The number of phenolic OH excluding ortho intramolecular Hbond substituents is 1. The summed E-state index contributed by atoms with van der Waals surface area (Å²) in [6, 6.07) is 4.10. The lowest BCUT2D eigenvalue weighted by molar-refractivity contribution is -0.356. The smallest absolute Gasteiger partial charge is 0.170 e. The maximum atomic E-state index is 10.9. The number of aryl methyl sites for hydroxylation is 2. The molecule has 1 aromatic carbocycles. The van der Waals surface area contributed by atoms with E-state index in [0.29, 0.717) is 24.7 Å². The van der Waals surface area contributed by atoms with Crippen LogP contribution in [0.5, 0.6) is 5.75 Å². The van der Waals surface area contributed by atoms with Gasteiger partial charge >= 0.3 is 0 Å². The third-order valence-corrected chi connectivity index (χ3v) is 6.68. The molecule has 2 heterocycles. The molecule has 2 N–H and O–H groups in total. The van der Waals surface area contributed by atoms with Crippen molar-refractivity contribution in [1.29, 1.82) is 0 Å². The lowest BCUT2D eigenvalue weighted by Gasteiger charge is -2.65. The predicted molar refractivity (Wildman–Crippen MR) is 80.2 cm³/mol. The Balaban J connectivity index is 1.92. The van der Waals surface area contributed by atoms with Crippen LogP contribution in [0.1, 0.15) is 49.8 Å². The lowest BCUT2D eigenvalue weighted by atomic mass is 9.46. The first kappa shape index (κ1) is 13.6. The summed E-state index contributed by atoms with van der Waals surface area (Å²) < 4.78 is 5.94. The Morgan fingerprint density at radius 3 is 2.67 bits per heavy atom. The average molecular weight is 288 g/mol. The minimum Gasteiger partial charge on any atom is -0.508 e. The van der Waals surface area contributed by atoms with Crippen LogP contribution in [-0.4, -0.2) is 22.6 Å². The van der Waals surface area contributed by atoms with E-state index in [-0.39, 0.29) is 10.8 Å². The maximum absolute atomic E-state index is 10.9. The number of aliphatic hydroxyl groups is 1. The summed E-state index contributed by atoms with van der Waals surface area (Å²) in [4.78, 5) is 0. The van der Waals surface area contributed by atoms with E-state index in [1.54, 1.807) is 0 Å². The first-order chi connectivity index (χ1) is 9.80. The van der Waals surface area contributed by atoms with Crippen LogP contribution in [0.4, 0.5) is 0 Å². The fourth-order valence-corrected chi connectivity index (χ4v) is 5.29. The summed E-state index contributed by atoms with van der Waals surface area (Å²) >= 11 is 0. The highest BCUT2D eigenvalue weighted by Gasteiger charge is 2.66. The molecule has 2 aliphatic heterocycles. The number of hydrogen-bond acceptors (Lipinski definition) is 3. The topological polar surface area (TPSA) is 49.7 Å². The van der Waals surface area contributed by atoms with Gasteiger partial charge in [0.2, 0.25) is 0 Å². The Bertz CT molecular complexity index is 609. The molecule has 2 aliphatic carbocycles. The quantitative estimate of drug-likeness (QED) is 0.771. The molecule has 3 heteroatoms. The molecule has 0 aromatic heterocycles. The SMILES string of the molecule is Cc1cc2c(cc1O)C13CCC(O)(OC1)C(C)(C)C3CC2. The number of aromatic hydroxyl groups is 1. The van der Waals surface area contributed by atoms with Gasteiger partial charge < -0.3 is 14.9 Å². The highest BCUT2D eigenvalue weighted by molar-refractivity contribution is 5.48. The standard InChI is InChI=1S/C18H24O3/c1-11-8-12-4-5-15-16(2,3)18(20)7-6-17(15,10-21-18)13(12)9-14(11)19/h8-9,15,19-20H,4-7,10H2,1-3H3. The number of benzene rings is 1.